The minimum absolute atomic E-state index is 0.00442. The molecule has 10 heteroatoms. The fourth-order valence-electron chi connectivity index (χ4n) is 2.70. The van der Waals surface area contributed by atoms with Crippen molar-refractivity contribution in [1.82, 2.24) is 15.3 Å². The highest BCUT2D eigenvalue weighted by molar-refractivity contribution is 8.00. The first-order valence-electron chi connectivity index (χ1n) is 8.91. The molecule has 0 spiro atoms. The summed E-state index contributed by atoms with van der Waals surface area (Å²) in [5.41, 5.74) is 1.75. The van der Waals surface area contributed by atoms with Crippen molar-refractivity contribution >= 4 is 27.7 Å². The second kappa shape index (κ2) is 9.24. The van der Waals surface area contributed by atoms with Crippen molar-refractivity contribution in [3.8, 4) is 0 Å². The smallest absolute Gasteiger partial charge is 0.251 e. The van der Waals surface area contributed by atoms with Crippen LogP contribution in [0.3, 0.4) is 0 Å². The molecule has 0 aliphatic heterocycles. The molecule has 0 saturated carbocycles. The minimum atomic E-state index is -3.77. The number of aromatic nitrogens is 2. The van der Waals surface area contributed by atoms with E-state index in [1.54, 1.807) is 19.1 Å². The van der Waals surface area contributed by atoms with Crippen molar-refractivity contribution in [2.45, 2.75) is 28.8 Å². The number of nitrogens with two attached hydrogens (primary N) is 1. The van der Waals surface area contributed by atoms with Gasteiger partial charge in [0.25, 0.3) is 5.56 Å². The Morgan fingerprint density at radius 1 is 1.17 bits per heavy atom. The average Bonchev–Trinajstić information content (AvgIpc) is 2.70. The third kappa shape index (κ3) is 5.78. The van der Waals surface area contributed by atoms with Gasteiger partial charge in [0.05, 0.1) is 4.90 Å². The minimum Gasteiger partial charge on any atom is -0.351 e. The van der Waals surface area contributed by atoms with Gasteiger partial charge in [-0.05, 0) is 30.2 Å². The van der Waals surface area contributed by atoms with Crippen LogP contribution < -0.4 is 16.0 Å². The van der Waals surface area contributed by atoms with Crippen LogP contribution in [0.15, 0.2) is 75.5 Å². The lowest BCUT2D eigenvalue weighted by atomic mass is 10.1. The molecule has 2 aromatic carbocycles. The second-order valence-corrected chi connectivity index (χ2v) is 9.16. The lowest BCUT2D eigenvalue weighted by Gasteiger charge is -2.16. The van der Waals surface area contributed by atoms with Crippen LogP contribution in [-0.2, 0) is 21.4 Å². The van der Waals surface area contributed by atoms with Gasteiger partial charge < -0.3 is 10.3 Å². The molecule has 1 heterocycles. The molecule has 1 atom stereocenters. The number of nitrogens with zero attached hydrogens (tertiary/aromatic N) is 1. The van der Waals surface area contributed by atoms with Crippen molar-refractivity contribution < 1.29 is 13.2 Å². The summed E-state index contributed by atoms with van der Waals surface area (Å²) < 4.78 is 22.7. The summed E-state index contributed by atoms with van der Waals surface area (Å²) >= 11 is 1.14. The SMILES string of the molecule is Cc1cc(=O)[nH]c(S[C@@H](C(=O)NCc2ccc(S(N)(=O)=O)cc2)c2ccccc2)n1. The number of thioether (sulfide) groups is 1. The number of benzene rings is 2. The zero-order valence-electron chi connectivity index (χ0n) is 16.0. The Labute approximate surface area is 178 Å². The van der Waals surface area contributed by atoms with Gasteiger partial charge in [0.1, 0.15) is 5.25 Å². The van der Waals surface area contributed by atoms with Crippen LogP contribution in [0, 0.1) is 6.92 Å². The van der Waals surface area contributed by atoms with Gasteiger partial charge in [-0.3, -0.25) is 9.59 Å². The highest BCUT2D eigenvalue weighted by Gasteiger charge is 2.23. The third-order valence-corrected chi connectivity index (χ3v) is 6.20. The molecule has 1 amide bonds. The third-order valence-electron chi connectivity index (χ3n) is 4.14. The van der Waals surface area contributed by atoms with Gasteiger partial charge >= 0.3 is 0 Å². The highest BCUT2D eigenvalue weighted by atomic mass is 32.2. The predicted octanol–water partition coefficient (Wildman–Crippen LogP) is 1.88. The van der Waals surface area contributed by atoms with Crippen LogP contribution >= 0.6 is 11.8 Å². The van der Waals surface area contributed by atoms with Gasteiger partial charge in [-0.25, -0.2) is 18.5 Å². The molecule has 0 aliphatic rings. The van der Waals surface area contributed by atoms with Crippen molar-refractivity contribution in [2.24, 2.45) is 5.14 Å². The molecule has 30 heavy (non-hydrogen) atoms. The molecular weight excluding hydrogens is 424 g/mol. The van der Waals surface area contributed by atoms with Gasteiger partial charge in [-0.15, -0.1) is 0 Å². The first-order chi connectivity index (χ1) is 14.2. The summed E-state index contributed by atoms with van der Waals surface area (Å²) in [4.78, 5) is 31.6. The van der Waals surface area contributed by atoms with E-state index in [9.17, 15) is 18.0 Å². The summed E-state index contributed by atoms with van der Waals surface area (Å²) in [6, 6.07) is 16.5. The molecule has 3 aromatic rings. The summed E-state index contributed by atoms with van der Waals surface area (Å²) in [5.74, 6) is -0.272. The van der Waals surface area contributed by atoms with Crippen molar-refractivity contribution in [3.05, 3.63) is 87.8 Å². The number of sulfonamides is 1. The van der Waals surface area contributed by atoms with Crippen molar-refractivity contribution in [2.75, 3.05) is 0 Å². The van der Waals surface area contributed by atoms with E-state index >= 15 is 0 Å². The first-order valence-corrected chi connectivity index (χ1v) is 11.3. The number of aromatic amines is 1. The van der Waals surface area contributed by atoms with Crippen LogP contribution in [0.5, 0.6) is 0 Å². The molecular formula is C20H20N4O4S2. The molecule has 3 rings (SSSR count). The fraction of sp³-hybridized carbons (Fsp3) is 0.150. The van der Waals surface area contributed by atoms with Gasteiger partial charge in [-0.2, -0.15) is 0 Å². The van der Waals surface area contributed by atoms with Crippen LogP contribution in [0.2, 0.25) is 0 Å². The maximum Gasteiger partial charge on any atom is 0.251 e. The van der Waals surface area contributed by atoms with E-state index in [1.807, 2.05) is 30.3 Å². The molecule has 0 radical (unpaired) electrons. The number of carbonyl (C=O) groups excluding carboxylic acids is 1. The van der Waals surface area contributed by atoms with Crippen LogP contribution in [0.25, 0.3) is 0 Å². The molecule has 156 valence electrons. The quantitative estimate of drug-likeness (QED) is 0.376. The molecule has 4 N–H and O–H groups in total. The molecule has 0 unspecified atom stereocenters. The average molecular weight is 445 g/mol. The number of hydrogen-bond donors (Lipinski definition) is 3. The number of hydrogen-bond acceptors (Lipinski definition) is 6. The van der Waals surface area contributed by atoms with E-state index in [1.165, 1.54) is 18.2 Å². The molecule has 1 aromatic heterocycles. The van der Waals surface area contributed by atoms with Gasteiger partial charge in [0.2, 0.25) is 15.9 Å². The second-order valence-electron chi connectivity index (χ2n) is 6.51. The number of amides is 1. The summed E-state index contributed by atoms with van der Waals surface area (Å²) in [5, 5.41) is 7.65. The van der Waals surface area contributed by atoms with Gasteiger partial charge in [-0.1, -0.05) is 54.2 Å². The number of primary sulfonamides is 1. The number of aryl methyl sites for hydroxylation is 1. The van der Waals surface area contributed by atoms with E-state index in [-0.39, 0.29) is 22.9 Å². The Hall–Kier alpha value is -2.95. The Balaban J connectivity index is 1.78. The van der Waals surface area contributed by atoms with Crippen molar-refractivity contribution in [3.63, 3.8) is 0 Å². The molecule has 8 nitrogen and oxygen atoms in total. The summed E-state index contributed by atoms with van der Waals surface area (Å²) in [7, 11) is -3.77. The van der Waals surface area contributed by atoms with E-state index in [0.717, 1.165) is 22.9 Å². The molecule has 0 fully saturated rings. The lowest BCUT2D eigenvalue weighted by molar-refractivity contribution is -0.120. The van der Waals surface area contributed by atoms with Crippen LogP contribution in [0.1, 0.15) is 22.1 Å². The monoisotopic (exact) mass is 444 g/mol. The van der Waals surface area contributed by atoms with Crippen molar-refractivity contribution in [1.29, 1.82) is 0 Å². The lowest BCUT2D eigenvalue weighted by Crippen LogP contribution is -2.28. The summed E-state index contributed by atoms with van der Waals surface area (Å²) in [6.07, 6.45) is 0. The Bertz CT molecular complexity index is 1190. The van der Waals surface area contributed by atoms with Crippen LogP contribution in [0.4, 0.5) is 0 Å². The zero-order chi connectivity index (χ0) is 21.7. The Morgan fingerprint density at radius 3 is 2.43 bits per heavy atom. The molecule has 0 aliphatic carbocycles. The van der Waals surface area contributed by atoms with E-state index in [4.69, 9.17) is 5.14 Å². The highest BCUT2D eigenvalue weighted by Crippen LogP contribution is 2.33. The maximum atomic E-state index is 12.9. The van der Waals surface area contributed by atoms with E-state index in [0.29, 0.717) is 10.9 Å². The number of H-pyrrole nitrogens is 1. The topological polar surface area (TPSA) is 135 Å². The number of carbonyl (C=O) groups is 1. The van der Waals surface area contributed by atoms with E-state index < -0.39 is 15.3 Å². The van der Waals surface area contributed by atoms with Gasteiger partial charge in [0, 0.05) is 18.3 Å². The Morgan fingerprint density at radius 2 is 1.83 bits per heavy atom. The summed E-state index contributed by atoms with van der Waals surface area (Å²) in [6.45, 7) is 1.91. The largest absolute Gasteiger partial charge is 0.351 e. The van der Waals surface area contributed by atoms with E-state index in [2.05, 4.69) is 15.3 Å². The number of nitrogens with one attached hydrogen (secondary N) is 2. The Kier molecular flexibility index (Phi) is 6.70. The number of rotatable bonds is 7. The van der Waals surface area contributed by atoms with Crippen LogP contribution in [-0.4, -0.2) is 24.3 Å². The standard InChI is InChI=1S/C20H20N4O4S2/c1-13-11-17(25)24-20(23-13)29-18(15-5-3-2-4-6-15)19(26)22-12-14-7-9-16(10-8-14)30(21,27)28/h2-11,18H,12H2,1H3,(H,22,26)(H2,21,27,28)(H,23,24,25)/t18-/m1/s1. The molecule has 0 saturated heterocycles. The zero-order valence-corrected chi connectivity index (χ0v) is 17.7. The predicted molar refractivity (Wildman–Crippen MR) is 114 cm³/mol. The van der Waals surface area contributed by atoms with Gasteiger partial charge in [0.15, 0.2) is 5.16 Å². The molecule has 0 bridgehead atoms. The fourth-order valence-corrected chi connectivity index (χ4v) is 4.28. The first kappa shape index (κ1) is 21.8. The maximum absolute atomic E-state index is 12.9. The normalized spacial score (nSPS) is 12.3.